The fraction of sp³-hybridized carbons (Fsp3) is 0.0769. The van der Waals surface area contributed by atoms with Gasteiger partial charge in [0.05, 0.1) is 0 Å². The summed E-state index contributed by atoms with van der Waals surface area (Å²) in [6.07, 6.45) is 10.1. The molecule has 0 amide bonds. The molecule has 0 radical (unpaired) electrons. The Bertz CT molecular complexity index is 1880. The molecule has 1 aliphatic rings. The van der Waals surface area contributed by atoms with Crippen LogP contribution in [-0.4, -0.2) is 0 Å². The van der Waals surface area contributed by atoms with Gasteiger partial charge < -0.3 is 4.90 Å². The minimum absolute atomic E-state index is 0.260. The maximum Gasteiger partial charge on any atom is 0.0468 e. The summed E-state index contributed by atoms with van der Waals surface area (Å²) in [6, 6.07) is 46.3. The maximum absolute atomic E-state index is 2.40. The average Bonchev–Trinajstić information content (AvgIpc) is 3.27. The quantitative estimate of drug-likeness (QED) is 0.222. The summed E-state index contributed by atoms with van der Waals surface area (Å²) in [5.74, 6) is 0.260. The van der Waals surface area contributed by atoms with Crippen LogP contribution in [0.4, 0.5) is 17.1 Å². The first-order valence-electron chi connectivity index (χ1n) is 14.1. The van der Waals surface area contributed by atoms with Crippen LogP contribution in [-0.2, 0) is 0 Å². The zero-order valence-electron chi connectivity index (χ0n) is 22.7. The molecule has 1 aliphatic carbocycles. The van der Waals surface area contributed by atoms with Crippen molar-refractivity contribution in [3.8, 4) is 0 Å². The lowest BCUT2D eigenvalue weighted by Crippen LogP contribution is -2.10. The van der Waals surface area contributed by atoms with Gasteiger partial charge in [0.25, 0.3) is 0 Å². The molecule has 0 bridgehead atoms. The van der Waals surface area contributed by atoms with E-state index in [1.165, 1.54) is 43.8 Å². The number of benzene rings is 6. The summed E-state index contributed by atoms with van der Waals surface area (Å²) < 4.78 is 0. The second kappa shape index (κ2) is 10.4. The standard InChI is InChI=1S/C39H31N/c1-28(39-27-32-14-4-2-7-17-36(32)37-18-10-11-19-38(37)39)29-20-23-34(24-21-29)40(33-15-5-3-6-16-33)35-25-22-30-12-8-9-13-31(30)26-35/h3-28H,2H2,1H3. The topological polar surface area (TPSA) is 3.24 Å². The van der Waals surface area contributed by atoms with Crippen molar-refractivity contribution in [1.82, 2.24) is 0 Å². The fourth-order valence-corrected chi connectivity index (χ4v) is 6.02. The zero-order chi connectivity index (χ0) is 26.9. The second-order valence-electron chi connectivity index (χ2n) is 10.6. The summed E-state index contributed by atoms with van der Waals surface area (Å²) in [6.45, 7) is 2.33. The normalized spacial score (nSPS) is 13.2. The van der Waals surface area contributed by atoms with Gasteiger partial charge >= 0.3 is 0 Å². The molecule has 7 rings (SSSR count). The van der Waals surface area contributed by atoms with Crippen molar-refractivity contribution in [3.63, 3.8) is 0 Å². The molecule has 0 spiro atoms. The van der Waals surface area contributed by atoms with E-state index < -0.39 is 0 Å². The van der Waals surface area contributed by atoms with E-state index >= 15 is 0 Å². The van der Waals surface area contributed by atoms with E-state index in [0.717, 1.165) is 23.5 Å². The van der Waals surface area contributed by atoms with Gasteiger partial charge in [0.2, 0.25) is 0 Å². The highest BCUT2D eigenvalue weighted by Crippen LogP contribution is 2.39. The molecule has 1 unspecified atom stereocenters. The molecule has 192 valence electrons. The molecule has 40 heavy (non-hydrogen) atoms. The molecule has 0 saturated heterocycles. The third-order valence-corrected chi connectivity index (χ3v) is 8.13. The Kier molecular flexibility index (Phi) is 6.26. The van der Waals surface area contributed by atoms with Crippen LogP contribution in [0.15, 0.2) is 140 Å². The zero-order valence-corrected chi connectivity index (χ0v) is 22.7. The summed E-state index contributed by atoms with van der Waals surface area (Å²) in [5, 5.41) is 5.15. The molecule has 1 heteroatoms. The van der Waals surface area contributed by atoms with Crippen LogP contribution in [0.25, 0.3) is 33.7 Å². The predicted molar refractivity (Wildman–Crippen MR) is 173 cm³/mol. The smallest absolute Gasteiger partial charge is 0.0468 e. The Balaban J connectivity index is 1.30. The fourth-order valence-electron chi connectivity index (χ4n) is 6.02. The predicted octanol–water partition coefficient (Wildman–Crippen LogP) is 11.0. The van der Waals surface area contributed by atoms with Gasteiger partial charge in [-0.3, -0.25) is 0 Å². The van der Waals surface area contributed by atoms with Crippen LogP contribution in [0.1, 0.15) is 41.5 Å². The SMILES string of the molecule is CC(c1ccc(N(c2ccccc2)c2ccc3ccccc3c2)cc1)c1cc2c(c3ccccc13)C=CCC=C2. The summed E-state index contributed by atoms with van der Waals surface area (Å²) >= 11 is 0. The first-order chi connectivity index (χ1) is 19.8. The molecular formula is C39H31N. The van der Waals surface area contributed by atoms with Crippen molar-refractivity contribution in [3.05, 3.63) is 162 Å². The van der Waals surface area contributed by atoms with Crippen molar-refractivity contribution in [2.75, 3.05) is 4.90 Å². The highest BCUT2D eigenvalue weighted by atomic mass is 15.1. The Labute approximate surface area is 236 Å². The largest absolute Gasteiger partial charge is 0.310 e. The van der Waals surface area contributed by atoms with Crippen LogP contribution in [0.3, 0.4) is 0 Å². The Hall–Kier alpha value is -4.88. The van der Waals surface area contributed by atoms with Crippen LogP contribution < -0.4 is 4.90 Å². The van der Waals surface area contributed by atoms with Gasteiger partial charge in [0.15, 0.2) is 0 Å². The lowest BCUT2D eigenvalue weighted by Gasteiger charge is -2.26. The summed E-state index contributed by atoms with van der Waals surface area (Å²) in [7, 11) is 0. The lowest BCUT2D eigenvalue weighted by atomic mass is 9.85. The van der Waals surface area contributed by atoms with Gasteiger partial charge in [-0.15, -0.1) is 0 Å². The molecular weight excluding hydrogens is 482 g/mol. The maximum atomic E-state index is 2.40. The lowest BCUT2D eigenvalue weighted by molar-refractivity contribution is 0.932. The van der Waals surface area contributed by atoms with Gasteiger partial charge in [0.1, 0.15) is 0 Å². The number of anilines is 3. The monoisotopic (exact) mass is 513 g/mol. The van der Waals surface area contributed by atoms with E-state index in [-0.39, 0.29) is 5.92 Å². The number of nitrogens with zero attached hydrogens (tertiary/aromatic N) is 1. The van der Waals surface area contributed by atoms with Crippen LogP contribution >= 0.6 is 0 Å². The number of rotatable bonds is 5. The van der Waals surface area contributed by atoms with E-state index in [1.807, 2.05) is 0 Å². The third kappa shape index (κ3) is 4.40. The summed E-state index contributed by atoms with van der Waals surface area (Å²) in [5.41, 5.74) is 8.77. The van der Waals surface area contributed by atoms with E-state index in [9.17, 15) is 0 Å². The van der Waals surface area contributed by atoms with Crippen molar-refractivity contribution in [2.45, 2.75) is 19.3 Å². The molecule has 0 heterocycles. The number of fused-ring (bicyclic) bond motifs is 4. The Morgan fingerprint density at radius 3 is 2.02 bits per heavy atom. The molecule has 0 saturated carbocycles. The molecule has 1 nitrogen and oxygen atoms in total. The van der Waals surface area contributed by atoms with E-state index in [4.69, 9.17) is 0 Å². The highest BCUT2D eigenvalue weighted by molar-refractivity contribution is 5.97. The van der Waals surface area contributed by atoms with Gasteiger partial charge in [0, 0.05) is 23.0 Å². The number of hydrogen-bond donors (Lipinski definition) is 0. The first-order valence-corrected chi connectivity index (χ1v) is 14.1. The average molecular weight is 514 g/mol. The number of allylic oxidation sites excluding steroid dienone is 2. The Morgan fingerprint density at radius 1 is 0.550 bits per heavy atom. The van der Waals surface area contributed by atoms with Crippen LogP contribution in [0, 0.1) is 0 Å². The number of para-hydroxylation sites is 1. The molecule has 6 aromatic rings. The van der Waals surface area contributed by atoms with Crippen molar-refractivity contribution < 1.29 is 0 Å². The molecule has 0 aliphatic heterocycles. The molecule has 6 aromatic carbocycles. The third-order valence-electron chi connectivity index (χ3n) is 8.13. The van der Waals surface area contributed by atoms with Gasteiger partial charge in [-0.1, -0.05) is 116 Å². The minimum atomic E-state index is 0.260. The van der Waals surface area contributed by atoms with Gasteiger partial charge in [-0.05, 0) is 92.7 Å². The van der Waals surface area contributed by atoms with E-state index in [1.54, 1.807) is 0 Å². The van der Waals surface area contributed by atoms with Gasteiger partial charge in [-0.2, -0.15) is 0 Å². The second-order valence-corrected chi connectivity index (χ2v) is 10.6. The molecule has 1 atom stereocenters. The molecule has 0 N–H and O–H groups in total. The van der Waals surface area contributed by atoms with Gasteiger partial charge in [-0.25, -0.2) is 0 Å². The van der Waals surface area contributed by atoms with E-state index in [2.05, 4.69) is 164 Å². The number of hydrogen-bond acceptors (Lipinski definition) is 1. The molecule has 0 aromatic heterocycles. The first kappa shape index (κ1) is 24.2. The summed E-state index contributed by atoms with van der Waals surface area (Å²) in [4.78, 5) is 2.34. The molecule has 0 fully saturated rings. The minimum Gasteiger partial charge on any atom is -0.310 e. The van der Waals surface area contributed by atoms with Crippen LogP contribution in [0.2, 0.25) is 0 Å². The Morgan fingerprint density at radius 2 is 1.20 bits per heavy atom. The van der Waals surface area contributed by atoms with Crippen LogP contribution in [0.5, 0.6) is 0 Å². The highest BCUT2D eigenvalue weighted by Gasteiger charge is 2.18. The van der Waals surface area contributed by atoms with Crippen molar-refractivity contribution >= 4 is 50.8 Å². The van der Waals surface area contributed by atoms with Crippen molar-refractivity contribution in [1.29, 1.82) is 0 Å². The van der Waals surface area contributed by atoms with Crippen molar-refractivity contribution in [2.24, 2.45) is 0 Å². The van der Waals surface area contributed by atoms with E-state index in [0.29, 0.717) is 0 Å².